The zero-order chi connectivity index (χ0) is 13.7. The molecule has 19 heavy (non-hydrogen) atoms. The summed E-state index contributed by atoms with van der Waals surface area (Å²) in [6.07, 6.45) is 7.59. The average molecular weight is 346 g/mol. The van der Waals surface area contributed by atoms with Gasteiger partial charge in [-0.3, -0.25) is 0 Å². The van der Waals surface area contributed by atoms with E-state index in [1.165, 1.54) is 47.9 Å². The molecular formula is C15H24BrNOS. The van der Waals surface area contributed by atoms with Crippen LogP contribution in [0.25, 0.3) is 0 Å². The zero-order valence-corrected chi connectivity index (χ0v) is 14.1. The molecule has 108 valence electrons. The van der Waals surface area contributed by atoms with Crippen LogP contribution in [-0.2, 0) is 6.54 Å². The maximum Gasteiger partial charge on any atom is 0.0499 e. The summed E-state index contributed by atoms with van der Waals surface area (Å²) < 4.78 is 1.17. The molecule has 0 spiro atoms. The first kappa shape index (κ1) is 15.5. The molecule has 2 rings (SSSR count). The normalized spacial score (nSPS) is 19.6. The second-order valence-corrected chi connectivity index (χ2v) is 7.89. The summed E-state index contributed by atoms with van der Waals surface area (Å²) in [6, 6.07) is 2.19. The number of nitrogens with zero attached hydrogens (tertiary/aromatic N) is 1. The number of halogens is 1. The van der Waals surface area contributed by atoms with Gasteiger partial charge in [-0.25, -0.2) is 0 Å². The molecule has 0 bridgehead atoms. The van der Waals surface area contributed by atoms with Gasteiger partial charge in [0.2, 0.25) is 0 Å². The molecule has 0 aliphatic heterocycles. The van der Waals surface area contributed by atoms with Crippen molar-refractivity contribution in [1.29, 1.82) is 0 Å². The molecule has 1 saturated carbocycles. The first-order chi connectivity index (χ1) is 9.13. The second kappa shape index (κ2) is 7.21. The Kier molecular flexibility index (Phi) is 5.87. The summed E-state index contributed by atoms with van der Waals surface area (Å²) in [4.78, 5) is 3.76. The van der Waals surface area contributed by atoms with Crippen molar-refractivity contribution in [2.24, 2.45) is 5.41 Å². The Morgan fingerprint density at radius 3 is 2.53 bits per heavy atom. The van der Waals surface area contributed by atoms with Crippen LogP contribution in [0.2, 0.25) is 0 Å². The SMILES string of the molecule is CN(Cc1cc(Br)cs1)CC1(CO)CCCCCC1. The Morgan fingerprint density at radius 1 is 1.32 bits per heavy atom. The predicted molar refractivity (Wildman–Crippen MR) is 85.6 cm³/mol. The monoisotopic (exact) mass is 345 g/mol. The van der Waals surface area contributed by atoms with Crippen molar-refractivity contribution in [3.05, 3.63) is 20.8 Å². The van der Waals surface area contributed by atoms with E-state index in [2.05, 4.69) is 39.3 Å². The van der Waals surface area contributed by atoms with Gasteiger partial charge in [-0.1, -0.05) is 25.7 Å². The lowest BCUT2D eigenvalue weighted by atomic mass is 9.80. The van der Waals surface area contributed by atoms with Gasteiger partial charge in [-0.2, -0.15) is 0 Å². The van der Waals surface area contributed by atoms with Gasteiger partial charge in [0.25, 0.3) is 0 Å². The highest BCUT2D eigenvalue weighted by Gasteiger charge is 2.31. The second-order valence-electron chi connectivity index (χ2n) is 5.98. The molecule has 2 nitrogen and oxygen atoms in total. The van der Waals surface area contributed by atoms with Gasteiger partial charge in [0, 0.05) is 39.8 Å². The van der Waals surface area contributed by atoms with Crippen LogP contribution >= 0.6 is 27.3 Å². The van der Waals surface area contributed by atoms with E-state index in [-0.39, 0.29) is 5.41 Å². The van der Waals surface area contributed by atoms with Crippen LogP contribution in [0.5, 0.6) is 0 Å². The maximum absolute atomic E-state index is 9.85. The molecule has 4 heteroatoms. The summed E-state index contributed by atoms with van der Waals surface area (Å²) in [5, 5.41) is 12.0. The molecule has 0 atom stereocenters. The van der Waals surface area contributed by atoms with Crippen LogP contribution in [0.4, 0.5) is 0 Å². The van der Waals surface area contributed by atoms with Crippen LogP contribution in [0.3, 0.4) is 0 Å². The van der Waals surface area contributed by atoms with E-state index in [1.807, 2.05) is 0 Å². The van der Waals surface area contributed by atoms with E-state index in [9.17, 15) is 5.11 Å². The van der Waals surface area contributed by atoms with E-state index in [1.54, 1.807) is 11.3 Å². The number of rotatable bonds is 5. The fourth-order valence-electron chi connectivity index (χ4n) is 3.18. The maximum atomic E-state index is 9.85. The van der Waals surface area contributed by atoms with Gasteiger partial charge in [0.1, 0.15) is 0 Å². The highest BCUT2D eigenvalue weighted by Crippen LogP contribution is 2.35. The van der Waals surface area contributed by atoms with Gasteiger partial charge < -0.3 is 10.0 Å². The molecule has 1 aliphatic carbocycles. The van der Waals surface area contributed by atoms with Crippen molar-refractivity contribution >= 4 is 27.3 Å². The van der Waals surface area contributed by atoms with Gasteiger partial charge >= 0.3 is 0 Å². The number of aliphatic hydroxyl groups is 1. The minimum absolute atomic E-state index is 0.139. The summed E-state index contributed by atoms with van der Waals surface area (Å²) >= 11 is 5.31. The van der Waals surface area contributed by atoms with Crippen molar-refractivity contribution in [3.8, 4) is 0 Å². The largest absolute Gasteiger partial charge is 0.396 e. The third kappa shape index (κ3) is 4.55. The Bertz CT molecular complexity index is 385. The molecule has 1 fully saturated rings. The topological polar surface area (TPSA) is 23.5 Å². The molecule has 1 N–H and O–H groups in total. The number of hydrogen-bond acceptors (Lipinski definition) is 3. The van der Waals surface area contributed by atoms with Crippen LogP contribution < -0.4 is 0 Å². The van der Waals surface area contributed by atoms with Crippen molar-refractivity contribution < 1.29 is 5.11 Å². The summed E-state index contributed by atoms with van der Waals surface area (Å²) in [5.74, 6) is 0. The number of hydrogen-bond donors (Lipinski definition) is 1. The van der Waals surface area contributed by atoms with Crippen LogP contribution in [0.1, 0.15) is 43.4 Å². The predicted octanol–water partition coefficient (Wildman–Crippen LogP) is 4.28. The molecule has 0 amide bonds. The van der Waals surface area contributed by atoms with Crippen LogP contribution in [0.15, 0.2) is 15.9 Å². The van der Waals surface area contributed by atoms with Crippen molar-refractivity contribution in [2.45, 2.75) is 45.1 Å². The lowest BCUT2D eigenvalue weighted by Crippen LogP contribution is -2.37. The number of thiophene rings is 1. The van der Waals surface area contributed by atoms with Crippen LogP contribution in [-0.4, -0.2) is 30.2 Å². The molecule has 1 aromatic heterocycles. The fourth-order valence-corrected chi connectivity index (χ4v) is 4.71. The zero-order valence-electron chi connectivity index (χ0n) is 11.7. The van der Waals surface area contributed by atoms with E-state index in [0.29, 0.717) is 6.61 Å². The molecular weight excluding hydrogens is 322 g/mol. The first-order valence-corrected chi connectivity index (χ1v) is 8.83. The Balaban J connectivity index is 1.93. The Hall–Kier alpha value is 0.1000. The lowest BCUT2D eigenvalue weighted by Gasteiger charge is -2.34. The third-order valence-corrected chi connectivity index (χ3v) is 5.83. The van der Waals surface area contributed by atoms with Crippen molar-refractivity contribution in [3.63, 3.8) is 0 Å². The van der Waals surface area contributed by atoms with Crippen LogP contribution in [0, 0.1) is 5.41 Å². The summed E-state index contributed by atoms with van der Waals surface area (Å²) in [7, 11) is 2.18. The standard InChI is InChI=1S/C15H24BrNOS/c1-17(9-14-8-13(16)10-19-14)11-15(12-18)6-4-2-3-5-7-15/h8,10,18H,2-7,9,11-12H2,1H3. The van der Waals surface area contributed by atoms with Crippen molar-refractivity contribution in [2.75, 3.05) is 20.2 Å². The molecule has 0 radical (unpaired) electrons. The van der Waals surface area contributed by atoms with Gasteiger partial charge in [-0.05, 0) is 41.9 Å². The minimum atomic E-state index is 0.139. The number of aliphatic hydroxyl groups excluding tert-OH is 1. The molecule has 0 aromatic carbocycles. The van der Waals surface area contributed by atoms with Gasteiger partial charge in [0.05, 0.1) is 0 Å². The highest BCUT2D eigenvalue weighted by atomic mass is 79.9. The molecule has 1 aliphatic rings. The summed E-state index contributed by atoms with van der Waals surface area (Å²) in [5.41, 5.74) is 0.139. The Labute approximate surface area is 129 Å². The van der Waals surface area contributed by atoms with E-state index in [0.717, 1.165) is 13.1 Å². The minimum Gasteiger partial charge on any atom is -0.396 e. The van der Waals surface area contributed by atoms with E-state index < -0.39 is 0 Å². The third-order valence-electron chi connectivity index (χ3n) is 4.15. The van der Waals surface area contributed by atoms with E-state index >= 15 is 0 Å². The lowest BCUT2D eigenvalue weighted by molar-refractivity contribution is 0.0666. The van der Waals surface area contributed by atoms with Gasteiger partial charge in [0.15, 0.2) is 0 Å². The highest BCUT2D eigenvalue weighted by molar-refractivity contribution is 9.10. The van der Waals surface area contributed by atoms with E-state index in [4.69, 9.17) is 0 Å². The Morgan fingerprint density at radius 2 is 2.00 bits per heavy atom. The fraction of sp³-hybridized carbons (Fsp3) is 0.733. The van der Waals surface area contributed by atoms with Crippen molar-refractivity contribution in [1.82, 2.24) is 4.90 Å². The molecule has 0 unspecified atom stereocenters. The first-order valence-electron chi connectivity index (χ1n) is 7.16. The average Bonchev–Trinajstić information content (AvgIpc) is 2.65. The quantitative estimate of drug-likeness (QED) is 0.805. The molecule has 1 heterocycles. The summed E-state index contributed by atoms with van der Waals surface area (Å²) in [6.45, 7) is 2.34. The van der Waals surface area contributed by atoms with Gasteiger partial charge in [-0.15, -0.1) is 11.3 Å². The smallest absolute Gasteiger partial charge is 0.0499 e. The molecule has 1 aromatic rings. The molecule has 0 saturated heterocycles.